The number of hydrogen-bond donors (Lipinski definition) is 2. The highest BCUT2D eigenvalue weighted by atomic mass is 16.2. The van der Waals surface area contributed by atoms with E-state index < -0.39 is 0 Å². The van der Waals surface area contributed by atoms with Crippen LogP contribution in [0.1, 0.15) is 51.6 Å². The Kier molecular flexibility index (Phi) is 5.36. The topological polar surface area (TPSA) is 58.2 Å². The number of carbonyl (C=O) groups excluding carboxylic acids is 2. The highest BCUT2D eigenvalue weighted by Crippen LogP contribution is 2.30. The third-order valence-electron chi connectivity index (χ3n) is 3.84. The van der Waals surface area contributed by atoms with Crippen molar-refractivity contribution in [3.63, 3.8) is 0 Å². The number of nitrogens with one attached hydrogen (secondary N) is 2. The molecule has 1 aromatic rings. The molecular weight excluding hydrogens is 276 g/mol. The van der Waals surface area contributed by atoms with Gasteiger partial charge < -0.3 is 10.6 Å². The first kappa shape index (κ1) is 16.3. The highest BCUT2D eigenvalue weighted by molar-refractivity contribution is 5.94. The predicted molar refractivity (Wildman–Crippen MR) is 88.4 cm³/mol. The molecule has 2 amide bonds. The van der Waals surface area contributed by atoms with Crippen LogP contribution in [0, 0.1) is 5.92 Å². The summed E-state index contributed by atoms with van der Waals surface area (Å²) in [6.45, 7) is 5.78. The van der Waals surface area contributed by atoms with Crippen LogP contribution in [0.4, 0.5) is 5.69 Å². The number of rotatable bonds is 6. The number of benzene rings is 1. The first-order valence-corrected chi connectivity index (χ1v) is 7.89. The number of amides is 2. The van der Waals surface area contributed by atoms with Crippen molar-refractivity contribution in [2.75, 3.05) is 5.32 Å². The van der Waals surface area contributed by atoms with Crippen LogP contribution in [-0.2, 0) is 9.59 Å². The molecule has 0 radical (unpaired) electrons. The van der Waals surface area contributed by atoms with Gasteiger partial charge in [0.15, 0.2) is 0 Å². The van der Waals surface area contributed by atoms with Gasteiger partial charge in [-0.25, -0.2) is 0 Å². The van der Waals surface area contributed by atoms with Crippen molar-refractivity contribution in [1.29, 1.82) is 0 Å². The largest absolute Gasteiger partial charge is 0.346 e. The average Bonchev–Trinajstić information content (AvgIpc) is 3.32. The van der Waals surface area contributed by atoms with Crippen molar-refractivity contribution in [3.8, 4) is 0 Å². The van der Waals surface area contributed by atoms with Crippen molar-refractivity contribution in [1.82, 2.24) is 5.32 Å². The molecule has 1 fully saturated rings. The molecule has 2 rings (SSSR count). The Morgan fingerprint density at radius 1 is 1.27 bits per heavy atom. The van der Waals surface area contributed by atoms with Crippen molar-refractivity contribution >= 4 is 17.5 Å². The second kappa shape index (κ2) is 7.25. The molecule has 4 nitrogen and oxygen atoms in total. The van der Waals surface area contributed by atoms with E-state index in [4.69, 9.17) is 0 Å². The Balaban J connectivity index is 1.92. The summed E-state index contributed by atoms with van der Waals surface area (Å²) in [6, 6.07) is 7.57. The minimum Gasteiger partial charge on any atom is -0.346 e. The van der Waals surface area contributed by atoms with Gasteiger partial charge in [-0.3, -0.25) is 9.59 Å². The maximum atomic E-state index is 12.0. The SMILES string of the molecule is CCC=C(C)C(=O)NC(C)c1ccc(NC(=O)C2CC2)cc1. The van der Waals surface area contributed by atoms with E-state index in [1.165, 1.54) is 0 Å². The van der Waals surface area contributed by atoms with Gasteiger partial charge in [0.2, 0.25) is 11.8 Å². The molecule has 1 aromatic carbocycles. The van der Waals surface area contributed by atoms with E-state index >= 15 is 0 Å². The van der Waals surface area contributed by atoms with Crippen LogP contribution in [0.15, 0.2) is 35.9 Å². The Bertz CT molecular complexity index is 571. The van der Waals surface area contributed by atoms with Gasteiger partial charge in [0.25, 0.3) is 0 Å². The molecule has 0 bridgehead atoms. The number of hydrogen-bond acceptors (Lipinski definition) is 2. The van der Waals surface area contributed by atoms with Gasteiger partial charge in [0, 0.05) is 17.2 Å². The summed E-state index contributed by atoms with van der Waals surface area (Å²) < 4.78 is 0. The van der Waals surface area contributed by atoms with E-state index in [0.717, 1.165) is 36.1 Å². The summed E-state index contributed by atoms with van der Waals surface area (Å²) in [6.07, 6.45) is 4.76. The molecule has 0 spiro atoms. The van der Waals surface area contributed by atoms with Gasteiger partial charge >= 0.3 is 0 Å². The Labute approximate surface area is 132 Å². The van der Waals surface area contributed by atoms with E-state index in [-0.39, 0.29) is 23.8 Å². The maximum absolute atomic E-state index is 12.0. The van der Waals surface area contributed by atoms with Crippen molar-refractivity contribution in [3.05, 3.63) is 41.5 Å². The fourth-order valence-corrected chi connectivity index (χ4v) is 2.24. The van der Waals surface area contributed by atoms with E-state index in [1.807, 2.05) is 51.1 Å². The zero-order chi connectivity index (χ0) is 16.1. The normalized spacial score (nSPS) is 16.0. The van der Waals surface area contributed by atoms with Gasteiger partial charge in [0.1, 0.15) is 0 Å². The minimum atomic E-state index is -0.0686. The first-order chi connectivity index (χ1) is 10.5. The van der Waals surface area contributed by atoms with Gasteiger partial charge in [0.05, 0.1) is 6.04 Å². The average molecular weight is 300 g/mol. The predicted octanol–water partition coefficient (Wildman–Crippen LogP) is 3.57. The van der Waals surface area contributed by atoms with Crippen LogP contribution in [-0.4, -0.2) is 11.8 Å². The number of anilines is 1. The monoisotopic (exact) mass is 300 g/mol. The Morgan fingerprint density at radius 2 is 1.91 bits per heavy atom. The Morgan fingerprint density at radius 3 is 2.45 bits per heavy atom. The lowest BCUT2D eigenvalue weighted by atomic mass is 10.1. The first-order valence-electron chi connectivity index (χ1n) is 7.89. The standard InChI is InChI=1S/C18H24N2O2/c1-4-5-12(2)17(21)19-13(3)14-8-10-16(11-9-14)20-18(22)15-6-7-15/h5,8-11,13,15H,4,6-7H2,1-3H3,(H,19,21)(H,20,22). The highest BCUT2D eigenvalue weighted by Gasteiger charge is 2.29. The van der Waals surface area contributed by atoms with Gasteiger partial charge in [-0.05, 0) is 50.8 Å². The molecule has 0 heterocycles. The van der Waals surface area contributed by atoms with Crippen LogP contribution in [0.5, 0.6) is 0 Å². The van der Waals surface area contributed by atoms with Crippen molar-refractivity contribution in [2.45, 2.75) is 46.1 Å². The van der Waals surface area contributed by atoms with Crippen LogP contribution in [0.3, 0.4) is 0 Å². The molecule has 0 aromatic heterocycles. The fraction of sp³-hybridized carbons (Fsp3) is 0.444. The smallest absolute Gasteiger partial charge is 0.247 e. The third kappa shape index (κ3) is 4.45. The van der Waals surface area contributed by atoms with Gasteiger partial charge in [-0.2, -0.15) is 0 Å². The second-order valence-corrected chi connectivity index (χ2v) is 5.88. The molecule has 4 heteroatoms. The molecular formula is C18H24N2O2. The maximum Gasteiger partial charge on any atom is 0.247 e. The Hall–Kier alpha value is -2.10. The van der Waals surface area contributed by atoms with Crippen LogP contribution >= 0.6 is 0 Å². The van der Waals surface area contributed by atoms with Crippen molar-refractivity contribution < 1.29 is 9.59 Å². The molecule has 0 saturated heterocycles. The zero-order valence-corrected chi connectivity index (χ0v) is 13.5. The molecule has 1 aliphatic carbocycles. The molecule has 0 aliphatic heterocycles. The minimum absolute atomic E-state index is 0.0412. The zero-order valence-electron chi connectivity index (χ0n) is 13.5. The third-order valence-corrected chi connectivity index (χ3v) is 3.84. The van der Waals surface area contributed by atoms with Gasteiger partial charge in [-0.15, -0.1) is 0 Å². The lowest BCUT2D eigenvalue weighted by molar-refractivity contribution is -0.118. The lowest BCUT2D eigenvalue weighted by Crippen LogP contribution is -2.27. The van der Waals surface area contributed by atoms with Crippen LogP contribution in [0.2, 0.25) is 0 Å². The second-order valence-electron chi connectivity index (χ2n) is 5.88. The van der Waals surface area contributed by atoms with E-state index in [1.54, 1.807) is 0 Å². The molecule has 2 N–H and O–H groups in total. The summed E-state index contributed by atoms with van der Waals surface area (Å²) in [5.41, 5.74) is 2.56. The summed E-state index contributed by atoms with van der Waals surface area (Å²) in [5, 5.41) is 5.88. The van der Waals surface area contributed by atoms with E-state index in [2.05, 4.69) is 10.6 Å². The lowest BCUT2D eigenvalue weighted by Gasteiger charge is -2.15. The fourth-order valence-electron chi connectivity index (χ4n) is 2.24. The molecule has 1 saturated carbocycles. The van der Waals surface area contributed by atoms with Crippen LogP contribution < -0.4 is 10.6 Å². The summed E-state index contributed by atoms with van der Waals surface area (Å²) >= 11 is 0. The van der Waals surface area contributed by atoms with E-state index in [0.29, 0.717) is 0 Å². The van der Waals surface area contributed by atoms with Gasteiger partial charge in [-0.1, -0.05) is 25.1 Å². The molecule has 1 unspecified atom stereocenters. The molecule has 1 aliphatic rings. The summed E-state index contributed by atoms with van der Waals surface area (Å²) in [7, 11) is 0. The molecule has 118 valence electrons. The van der Waals surface area contributed by atoms with E-state index in [9.17, 15) is 9.59 Å². The molecule has 22 heavy (non-hydrogen) atoms. The summed E-state index contributed by atoms with van der Waals surface area (Å²) in [4.78, 5) is 23.7. The molecule has 1 atom stereocenters. The number of allylic oxidation sites excluding steroid dienone is 1. The summed E-state index contributed by atoms with van der Waals surface area (Å²) in [5.74, 6) is 0.265. The quantitative estimate of drug-likeness (QED) is 0.789. The van der Waals surface area contributed by atoms with Crippen LogP contribution in [0.25, 0.3) is 0 Å². The number of carbonyl (C=O) groups is 2. The van der Waals surface area contributed by atoms with Crippen molar-refractivity contribution in [2.24, 2.45) is 5.92 Å².